The highest BCUT2D eigenvalue weighted by Gasteiger charge is 2.25. The van der Waals surface area contributed by atoms with Crippen molar-refractivity contribution in [1.29, 1.82) is 0 Å². The molecule has 0 amide bonds. The van der Waals surface area contributed by atoms with Gasteiger partial charge in [-0.1, -0.05) is 259 Å². The Bertz CT molecular complexity index is 2400. The minimum absolute atomic E-state index is 0.178. The number of esters is 4. The first-order valence-electron chi connectivity index (χ1n) is 37.2. The van der Waals surface area contributed by atoms with Gasteiger partial charge in [0.25, 0.3) is 0 Å². The first kappa shape index (κ1) is 77.9. The highest BCUT2D eigenvalue weighted by molar-refractivity contribution is 5.96. The topological polar surface area (TPSA) is 142 Å². The van der Waals surface area contributed by atoms with Crippen molar-refractivity contribution < 1.29 is 57.1 Å². The van der Waals surface area contributed by atoms with Gasteiger partial charge in [-0.3, -0.25) is 0 Å². The molecule has 5 rings (SSSR count). The van der Waals surface area contributed by atoms with Gasteiger partial charge >= 0.3 is 23.9 Å². The van der Waals surface area contributed by atoms with Crippen LogP contribution in [0.2, 0.25) is 0 Å². The van der Waals surface area contributed by atoms with Gasteiger partial charge in [-0.15, -0.1) is 0 Å². The zero-order valence-electron chi connectivity index (χ0n) is 58.4. The van der Waals surface area contributed by atoms with E-state index in [9.17, 15) is 19.2 Å². The molecule has 518 valence electrons. The van der Waals surface area contributed by atoms with Crippen LogP contribution in [0, 0.1) is 0 Å². The van der Waals surface area contributed by atoms with Crippen LogP contribution in [-0.2, 0) is 0 Å². The van der Waals surface area contributed by atoms with E-state index in [1.54, 1.807) is 97.1 Å². The molecule has 5 aromatic rings. The maximum Gasteiger partial charge on any atom is 0.343 e. The molecule has 0 aromatic heterocycles. The number of hydrogen-bond acceptors (Lipinski definition) is 12. The van der Waals surface area contributed by atoms with E-state index >= 15 is 0 Å². The summed E-state index contributed by atoms with van der Waals surface area (Å²) in [5.74, 6) is -1.87. The number of rotatable bonds is 56. The minimum Gasteiger partial charge on any atom is -0.494 e. The molecule has 0 bridgehead atoms. The predicted octanol–water partition coefficient (Wildman–Crippen LogP) is 23.8. The van der Waals surface area contributed by atoms with Gasteiger partial charge in [-0.2, -0.15) is 0 Å². The van der Waals surface area contributed by atoms with Crippen LogP contribution in [0.25, 0.3) is 0 Å². The van der Waals surface area contributed by atoms with E-state index in [0.717, 1.165) is 51.4 Å². The van der Waals surface area contributed by atoms with E-state index in [1.165, 1.54) is 218 Å². The van der Waals surface area contributed by atoms with Crippen molar-refractivity contribution in [2.75, 3.05) is 26.4 Å². The molecule has 0 aliphatic carbocycles. The van der Waals surface area contributed by atoms with Gasteiger partial charge in [-0.25, -0.2) is 19.2 Å². The van der Waals surface area contributed by atoms with Gasteiger partial charge in [0.1, 0.15) is 23.0 Å². The average molecular weight is 1300 g/mol. The number of carbonyl (C=O) groups excluding carboxylic acids is 4. The third-order valence-corrected chi connectivity index (χ3v) is 17.2. The van der Waals surface area contributed by atoms with Gasteiger partial charge in [0.05, 0.1) is 48.7 Å². The van der Waals surface area contributed by atoms with Crippen molar-refractivity contribution in [1.82, 2.24) is 0 Å². The molecule has 0 N–H and O–H groups in total. The summed E-state index contributed by atoms with van der Waals surface area (Å²) in [5, 5.41) is 0. The first-order valence-corrected chi connectivity index (χ1v) is 37.2. The van der Waals surface area contributed by atoms with Crippen LogP contribution in [0.4, 0.5) is 0 Å². The molecule has 0 fully saturated rings. The maximum absolute atomic E-state index is 14.1. The van der Waals surface area contributed by atoms with Crippen molar-refractivity contribution in [3.05, 3.63) is 131 Å². The molecule has 12 heteroatoms. The molecule has 0 aliphatic rings. The first-order chi connectivity index (χ1) is 46.2. The summed E-state index contributed by atoms with van der Waals surface area (Å²) in [4.78, 5) is 56.6. The highest BCUT2D eigenvalue weighted by atomic mass is 16.6. The smallest absolute Gasteiger partial charge is 0.343 e. The van der Waals surface area contributed by atoms with Crippen LogP contribution < -0.4 is 37.9 Å². The van der Waals surface area contributed by atoms with Crippen molar-refractivity contribution in [2.24, 2.45) is 0 Å². The molecule has 0 saturated heterocycles. The second-order valence-electron chi connectivity index (χ2n) is 25.5. The number of ether oxygens (including phenoxy) is 8. The Balaban J connectivity index is 1.32. The monoisotopic (exact) mass is 1290 g/mol. The van der Waals surface area contributed by atoms with Crippen LogP contribution in [-0.4, -0.2) is 50.3 Å². The molecule has 5 aromatic carbocycles. The van der Waals surface area contributed by atoms with Crippen LogP contribution in [0.5, 0.6) is 46.0 Å². The molecule has 0 unspecified atom stereocenters. The van der Waals surface area contributed by atoms with Gasteiger partial charge in [0.15, 0.2) is 23.0 Å². The Morgan fingerprint density at radius 3 is 0.521 bits per heavy atom. The molecular weight excluding hydrogens is 1180 g/mol. The number of carbonyl (C=O) groups is 4. The van der Waals surface area contributed by atoms with Crippen molar-refractivity contribution in [3.63, 3.8) is 0 Å². The average Bonchev–Trinajstić information content (AvgIpc) is 0.859. The van der Waals surface area contributed by atoms with Gasteiger partial charge in [-0.05, 0) is 123 Å². The molecule has 94 heavy (non-hydrogen) atoms. The van der Waals surface area contributed by atoms with E-state index in [2.05, 4.69) is 27.7 Å². The summed E-state index contributed by atoms with van der Waals surface area (Å²) in [6.45, 7) is 11.2. The lowest BCUT2D eigenvalue weighted by Crippen LogP contribution is -2.16. The quantitative estimate of drug-likeness (QED) is 0.0208. The zero-order valence-corrected chi connectivity index (χ0v) is 58.4. The predicted molar refractivity (Wildman–Crippen MR) is 381 cm³/mol. The third-order valence-electron chi connectivity index (χ3n) is 17.2. The van der Waals surface area contributed by atoms with Crippen molar-refractivity contribution >= 4 is 23.9 Å². The third kappa shape index (κ3) is 34.0. The van der Waals surface area contributed by atoms with Crippen LogP contribution in [0.1, 0.15) is 326 Å². The number of hydrogen-bond donors (Lipinski definition) is 0. The lowest BCUT2D eigenvalue weighted by Gasteiger charge is -2.16. The molecule has 0 spiro atoms. The normalized spacial score (nSPS) is 11.1. The fourth-order valence-electron chi connectivity index (χ4n) is 11.3. The van der Waals surface area contributed by atoms with Crippen LogP contribution in [0.15, 0.2) is 109 Å². The molecule has 12 nitrogen and oxygen atoms in total. The molecule has 0 atom stereocenters. The van der Waals surface area contributed by atoms with Crippen molar-refractivity contribution in [2.45, 2.75) is 285 Å². The molecular formula is C82H118O12. The second kappa shape index (κ2) is 50.6. The summed E-state index contributed by atoms with van der Waals surface area (Å²) in [7, 11) is 0. The van der Waals surface area contributed by atoms with Crippen molar-refractivity contribution in [3.8, 4) is 46.0 Å². The van der Waals surface area contributed by atoms with E-state index in [1.807, 2.05) is 0 Å². The Hall–Kier alpha value is -6.82. The number of unbranched alkanes of at least 4 members (excludes halogenated alkanes) is 36. The lowest BCUT2D eigenvalue weighted by molar-refractivity contribution is 0.0662. The summed E-state index contributed by atoms with van der Waals surface area (Å²) in [6, 6.07) is 28.9. The lowest BCUT2D eigenvalue weighted by atomic mass is 10.1. The van der Waals surface area contributed by atoms with Gasteiger partial charge < -0.3 is 37.9 Å². The Kier molecular flexibility index (Phi) is 41.9. The fourth-order valence-corrected chi connectivity index (χ4v) is 11.3. The zero-order chi connectivity index (χ0) is 66.7. The second-order valence-corrected chi connectivity index (χ2v) is 25.5. The Morgan fingerprint density at radius 1 is 0.213 bits per heavy atom. The standard InChI is InChI=1S/C82H118O12/c1-5-9-13-17-21-25-29-33-37-41-61-87-71-53-45-67(46-54-71)79(83)91-75-65-77(93-81(85)69-49-57-73(58-50-69)89-63-43-39-35-31-27-23-19-15-11-7-3)78(94-82(86)70-51-59-74(60-52-70)90-64-44-40-36-32-28-24-20-16-12-8-4)66-76(75)92-80(84)68-47-55-72(56-48-68)88-62-42-38-34-30-26-22-18-14-10-6-2/h45-60,65-66H,5-44,61-64H2,1-4H3. The van der Waals surface area contributed by atoms with E-state index in [-0.39, 0.29) is 45.3 Å². The van der Waals surface area contributed by atoms with Crippen LogP contribution in [0.3, 0.4) is 0 Å². The summed E-state index contributed by atoms with van der Waals surface area (Å²) in [6.07, 6.45) is 48.9. The van der Waals surface area contributed by atoms with E-state index in [4.69, 9.17) is 37.9 Å². The van der Waals surface area contributed by atoms with Gasteiger partial charge in [0.2, 0.25) is 0 Å². The Labute approximate surface area is 566 Å². The number of benzene rings is 5. The molecule has 0 radical (unpaired) electrons. The van der Waals surface area contributed by atoms with E-state index < -0.39 is 23.9 Å². The maximum atomic E-state index is 14.1. The molecule has 0 aliphatic heterocycles. The Morgan fingerprint density at radius 2 is 0.362 bits per heavy atom. The summed E-state index contributed by atoms with van der Waals surface area (Å²) >= 11 is 0. The SMILES string of the molecule is CCCCCCCCCCCCOc1ccc(C(=O)Oc2cc(OC(=O)c3ccc(OCCCCCCCCCCCC)cc3)c(OC(=O)c3ccc(OCCCCCCCCCCCC)cc3)cc2OC(=O)c2ccc(OCCCCCCCCCCCC)cc2)cc1. The largest absolute Gasteiger partial charge is 0.494 e. The van der Waals surface area contributed by atoms with Crippen LogP contribution >= 0.6 is 0 Å². The van der Waals surface area contributed by atoms with Gasteiger partial charge in [0, 0.05) is 12.1 Å². The summed E-state index contributed by atoms with van der Waals surface area (Å²) < 4.78 is 48.3. The molecule has 0 saturated carbocycles. The van der Waals surface area contributed by atoms with E-state index in [0.29, 0.717) is 49.4 Å². The fraction of sp³-hybridized carbons (Fsp3) is 0.585. The highest BCUT2D eigenvalue weighted by Crippen LogP contribution is 2.42. The molecule has 0 heterocycles. The minimum atomic E-state index is -0.798. The summed E-state index contributed by atoms with van der Waals surface area (Å²) in [5.41, 5.74) is 0.713.